The Hall–Kier alpha value is -1.84. The lowest BCUT2D eigenvalue weighted by Gasteiger charge is -2.33. The van der Waals surface area contributed by atoms with Crippen molar-refractivity contribution in [2.24, 2.45) is 11.5 Å². The summed E-state index contributed by atoms with van der Waals surface area (Å²) >= 11 is 1.34. The molecular weight excluding hydrogens is 286 g/mol. The molecule has 1 fully saturated rings. The van der Waals surface area contributed by atoms with Gasteiger partial charge in [0.15, 0.2) is 0 Å². The summed E-state index contributed by atoms with van der Waals surface area (Å²) < 4.78 is 0. The van der Waals surface area contributed by atoms with Gasteiger partial charge in [0.2, 0.25) is 5.91 Å². The minimum Gasteiger partial charge on any atom is -0.368 e. The van der Waals surface area contributed by atoms with E-state index in [9.17, 15) is 9.59 Å². The number of carbonyl (C=O) groups excluding carboxylic acids is 2. The lowest BCUT2D eigenvalue weighted by Crippen LogP contribution is -2.50. The number of aryl methyl sites for hydroxylation is 1. The molecule has 0 spiro atoms. The fraction of sp³-hybridized carbons (Fsp3) is 0.467. The van der Waals surface area contributed by atoms with Crippen molar-refractivity contribution in [3.05, 3.63) is 21.4 Å². The minimum atomic E-state index is -0.493. The Balaban J connectivity index is 2.24. The molecule has 21 heavy (non-hydrogen) atoms. The van der Waals surface area contributed by atoms with E-state index in [0.717, 1.165) is 23.3 Å². The second kappa shape index (κ2) is 6.74. The number of hydrogen-bond acceptors (Lipinski definition) is 4. The van der Waals surface area contributed by atoms with Crippen LogP contribution in [0.25, 0.3) is 0 Å². The molecule has 1 unspecified atom stereocenters. The molecule has 1 atom stereocenters. The molecule has 112 valence electrons. The summed E-state index contributed by atoms with van der Waals surface area (Å²) in [6, 6.07) is 1.33. The first-order chi connectivity index (χ1) is 10.0. The Kier molecular flexibility index (Phi) is 4.99. The van der Waals surface area contributed by atoms with Gasteiger partial charge in [-0.25, -0.2) is 0 Å². The van der Waals surface area contributed by atoms with Crippen LogP contribution >= 0.6 is 11.3 Å². The van der Waals surface area contributed by atoms with Crippen LogP contribution in [0.3, 0.4) is 0 Å². The Morgan fingerprint density at radius 2 is 2.24 bits per heavy atom. The van der Waals surface area contributed by atoms with Gasteiger partial charge in [0.25, 0.3) is 5.91 Å². The molecule has 6 heteroatoms. The number of amides is 2. The first kappa shape index (κ1) is 15.5. The van der Waals surface area contributed by atoms with Gasteiger partial charge in [-0.15, -0.1) is 11.3 Å². The molecule has 0 aliphatic carbocycles. The second-order valence-corrected chi connectivity index (χ2v) is 6.09. The van der Waals surface area contributed by atoms with E-state index in [1.807, 2.05) is 13.0 Å². The van der Waals surface area contributed by atoms with Crippen LogP contribution in [0.4, 0.5) is 0 Å². The van der Waals surface area contributed by atoms with Crippen molar-refractivity contribution in [3.8, 4) is 11.8 Å². The molecule has 4 N–H and O–H groups in total. The number of primary amides is 1. The van der Waals surface area contributed by atoms with Gasteiger partial charge in [0, 0.05) is 6.54 Å². The van der Waals surface area contributed by atoms with E-state index in [1.54, 1.807) is 4.90 Å². The topological polar surface area (TPSA) is 89.4 Å². The third-order valence-electron chi connectivity index (χ3n) is 3.52. The van der Waals surface area contributed by atoms with E-state index in [0.29, 0.717) is 17.8 Å². The highest BCUT2D eigenvalue weighted by Crippen LogP contribution is 2.25. The van der Waals surface area contributed by atoms with E-state index in [1.165, 1.54) is 11.3 Å². The van der Waals surface area contributed by atoms with E-state index >= 15 is 0 Å². The van der Waals surface area contributed by atoms with Gasteiger partial charge in [-0.1, -0.05) is 11.8 Å². The first-order valence-corrected chi connectivity index (χ1v) is 7.76. The van der Waals surface area contributed by atoms with Crippen LogP contribution in [0.1, 0.15) is 39.4 Å². The van der Waals surface area contributed by atoms with Crippen molar-refractivity contribution in [2.45, 2.75) is 32.2 Å². The van der Waals surface area contributed by atoms with Crippen LogP contribution in [-0.4, -0.2) is 35.8 Å². The van der Waals surface area contributed by atoms with Crippen molar-refractivity contribution in [3.63, 3.8) is 0 Å². The van der Waals surface area contributed by atoms with E-state index in [-0.39, 0.29) is 12.5 Å². The van der Waals surface area contributed by atoms with Crippen molar-refractivity contribution in [1.82, 2.24) is 4.90 Å². The SMILES string of the molecule is Cc1cc(C(=O)N2CCCCC2C(N)=O)sc1C#CCN. The standard InChI is InChI=1S/C15H19N3O2S/c1-10-9-13(21-12(10)6-4-7-16)15(20)18-8-3-2-5-11(18)14(17)19/h9,11H,2-3,5,7-8,16H2,1H3,(H2,17,19). The molecule has 0 aromatic carbocycles. The molecule has 1 aliphatic rings. The molecule has 0 radical (unpaired) electrons. The number of piperidine rings is 1. The lowest BCUT2D eigenvalue weighted by atomic mass is 10.0. The number of thiophene rings is 1. The maximum Gasteiger partial charge on any atom is 0.264 e. The molecule has 5 nitrogen and oxygen atoms in total. The van der Waals surface area contributed by atoms with E-state index < -0.39 is 11.9 Å². The highest BCUT2D eigenvalue weighted by Gasteiger charge is 2.32. The third kappa shape index (κ3) is 3.43. The van der Waals surface area contributed by atoms with Gasteiger partial charge < -0.3 is 16.4 Å². The Labute approximate surface area is 128 Å². The highest BCUT2D eigenvalue weighted by molar-refractivity contribution is 7.14. The fourth-order valence-corrected chi connectivity index (χ4v) is 3.46. The number of likely N-dealkylation sites (tertiary alicyclic amines) is 1. The van der Waals surface area contributed by atoms with Crippen LogP contribution in [0.5, 0.6) is 0 Å². The molecule has 1 aromatic rings. The predicted molar refractivity (Wildman–Crippen MR) is 82.9 cm³/mol. The van der Waals surface area contributed by atoms with Gasteiger partial charge >= 0.3 is 0 Å². The van der Waals surface area contributed by atoms with E-state index in [4.69, 9.17) is 11.5 Å². The van der Waals surface area contributed by atoms with Gasteiger partial charge in [0.05, 0.1) is 16.3 Å². The zero-order valence-corrected chi connectivity index (χ0v) is 12.8. The average molecular weight is 305 g/mol. The number of rotatable bonds is 2. The summed E-state index contributed by atoms with van der Waals surface area (Å²) in [6.07, 6.45) is 2.47. The van der Waals surface area contributed by atoms with Crippen molar-refractivity contribution in [2.75, 3.05) is 13.1 Å². The maximum absolute atomic E-state index is 12.6. The average Bonchev–Trinajstić information content (AvgIpc) is 2.85. The Morgan fingerprint density at radius 1 is 1.48 bits per heavy atom. The van der Waals surface area contributed by atoms with Crippen molar-refractivity contribution in [1.29, 1.82) is 0 Å². The highest BCUT2D eigenvalue weighted by atomic mass is 32.1. The zero-order valence-electron chi connectivity index (χ0n) is 12.0. The number of carbonyl (C=O) groups is 2. The van der Waals surface area contributed by atoms with Crippen molar-refractivity contribution >= 4 is 23.2 Å². The van der Waals surface area contributed by atoms with Gasteiger partial charge in [-0.3, -0.25) is 9.59 Å². The predicted octanol–water partition coefficient (Wildman–Crippen LogP) is 0.847. The summed E-state index contributed by atoms with van der Waals surface area (Å²) in [5.74, 6) is 5.20. The molecule has 0 bridgehead atoms. The van der Waals surface area contributed by atoms with E-state index in [2.05, 4.69) is 11.8 Å². The lowest BCUT2D eigenvalue weighted by molar-refractivity contribution is -0.123. The van der Waals surface area contributed by atoms with Crippen LogP contribution < -0.4 is 11.5 Å². The molecule has 1 aliphatic heterocycles. The summed E-state index contributed by atoms with van der Waals surface area (Å²) in [6.45, 7) is 2.78. The Bertz CT molecular complexity index is 612. The molecule has 2 heterocycles. The molecule has 0 saturated carbocycles. The normalized spacial score (nSPS) is 18.0. The molecule has 1 aromatic heterocycles. The monoisotopic (exact) mass is 305 g/mol. The maximum atomic E-state index is 12.6. The second-order valence-electron chi connectivity index (χ2n) is 5.04. The Morgan fingerprint density at radius 3 is 2.90 bits per heavy atom. The van der Waals surface area contributed by atoms with Gasteiger partial charge in [0.1, 0.15) is 6.04 Å². The molecule has 2 amide bonds. The summed E-state index contributed by atoms with van der Waals surface area (Å²) in [4.78, 5) is 27.2. The number of nitrogens with two attached hydrogens (primary N) is 2. The minimum absolute atomic E-state index is 0.132. The number of nitrogens with zero attached hydrogens (tertiary/aromatic N) is 1. The first-order valence-electron chi connectivity index (χ1n) is 6.94. The van der Waals surface area contributed by atoms with Crippen molar-refractivity contribution < 1.29 is 9.59 Å². The molecule has 2 rings (SSSR count). The molecular formula is C15H19N3O2S. The van der Waals surface area contributed by atoms with Gasteiger partial charge in [-0.2, -0.15) is 0 Å². The fourth-order valence-electron chi connectivity index (χ4n) is 2.45. The summed E-state index contributed by atoms with van der Waals surface area (Å²) in [5, 5.41) is 0. The van der Waals surface area contributed by atoms with Crippen LogP contribution in [0, 0.1) is 18.8 Å². The molecule has 1 saturated heterocycles. The summed E-state index contributed by atoms with van der Waals surface area (Å²) in [5.41, 5.74) is 11.7. The van der Waals surface area contributed by atoms with Gasteiger partial charge in [-0.05, 0) is 37.8 Å². The van der Waals surface area contributed by atoms with Crippen LogP contribution in [0.2, 0.25) is 0 Å². The van der Waals surface area contributed by atoms with Crippen LogP contribution in [-0.2, 0) is 4.79 Å². The zero-order chi connectivity index (χ0) is 15.4. The van der Waals surface area contributed by atoms with Crippen LogP contribution in [0.15, 0.2) is 6.07 Å². The largest absolute Gasteiger partial charge is 0.368 e. The quantitative estimate of drug-likeness (QED) is 0.794. The summed E-state index contributed by atoms with van der Waals surface area (Å²) in [7, 11) is 0. The number of hydrogen-bond donors (Lipinski definition) is 2. The smallest absolute Gasteiger partial charge is 0.264 e. The third-order valence-corrected chi connectivity index (χ3v) is 4.67.